The van der Waals surface area contributed by atoms with Crippen LogP contribution in [-0.2, 0) is 19.1 Å². The van der Waals surface area contributed by atoms with Gasteiger partial charge in [-0.05, 0) is 95.7 Å². The predicted molar refractivity (Wildman–Crippen MR) is 241 cm³/mol. The fourth-order valence-corrected chi connectivity index (χ4v) is 8.02. The van der Waals surface area contributed by atoms with Gasteiger partial charge < -0.3 is 19.5 Å². The zero-order chi connectivity index (χ0) is 41.3. The maximum Gasteiger partial charge on any atom is 0.308 e. The Morgan fingerprint density at radius 1 is 0.411 bits per heavy atom. The van der Waals surface area contributed by atoms with E-state index in [9.17, 15) is 14.7 Å². The van der Waals surface area contributed by atoms with Crippen molar-refractivity contribution in [1.29, 1.82) is 0 Å². The Hall–Kier alpha value is -1.14. The number of carbonyl (C=O) groups excluding carboxylic acids is 2. The molecule has 0 aromatic carbocycles. The van der Waals surface area contributed by atoms with Gasteiger partial charge >= 0.3 is 11.9 Å². The Morgan fingerprint density at radius 3 is 1.09 bits per heavy atom. The molecule has 0 rings (SSSR count). The Labute approximate surface area is 350 Å². The van der Waals surface area contributed by atoms with Crippen LogP contribution in [0.15, 0.2) is 0 Å². The minimum Gasteiger partial charge on any atom is -0.465 e. The summed E-state index contributed by atoms with van der Waals surface area (Å²) in [5.41, 5.74) is 0. The van der Waals surface area contributed by atoms with E-state index in [4.69, 9.17) is 9.47 Å². The maximum absolute atomic E-state index is 12.8. The van der Waals surface area contributed by atoms with Crippen LogP contribution in [0.5, 0.6) is 0 Å². The predicted octanol–water partition coefficient (Wildman–Crippen LogP) is 14.4. The molecule has 0 spiro atoms. The molecule has 4 unspecified atom stereocenters. The normalized spacial score (nSPS) is 13.9. The molecule has 56 heavy (non-hydrogen) atoms. The summed E-state index contributed by atoms with van der Waals surface area (Å²) < 4.78 is 11.7. The number of unbranched alkanes of at least 4 members (excludes halogenated alkanes) is 19. The second-order valence-electron chi connectivity index (χ2n) is 17.9. The summed E-state index contributed by atoms with van der Waals surface area (Å²) in [6.07, 6.45) is 38.5. The van der Waals surface area contributed by atoms with Gasteiger partial charge in [-0.15, -0.1) is 0 Å². The van der Waals surface area contributed by atoms with E-state index in [0.29, 0.717) is 25.0 Å². The van der Waals surface area contributed by atoms with E-state index in [1.807, 2.05) is 0 Å². The molecule has 1 N–H and O–H groups in total. The standard InChI is InChI=1S/C50H99NO5/c1-7-11-15-17-19-27-37-47(35-13-9-3)43-55-49(53)45(5)33-25-21-23-29-39-51(41-31-32-42-52)40-30-24-22-26-34-46(6)50(54)56-44-48(36-14-10-4)38-28-20-18-16-12-8-2/h45-48,52H,7-44H2,1-6H3. The van der Waals surface area contributed by atoms with Crippen LogP contribution < -0.4 is 0 Å². The first kappa shape index (κ1) is 54.9. The fourth-order valence-electron chi connectivity index (χ4n) is 8.02. The molecule has 0 heterocycles. The minimum absolute atomic E-state index is 0.00363. The molecule has 0 aliphatic heterocycles. The third-order valence-corrected chi connectivity index (χ3v) is 12.2. The molecule has 0 bridgehead atoms. The lowest BCUT2D eigenvalue weighted by molar-refractivity contribution is -0.150. The van der Waals surface area contributed by atoms with Gasteiger partial charge in [0.05, 0.1) is 25.0 Å². The molecule has 6 nitrogen and oxygen atoms in total. The smallest absolute Gasteiger partial charge is 0.308 e. The number of hydrogen-bond acceptors (Lipinski definition) is 6. The lowest BCUT2D eigenvalue weighted by atomic mass is 9.95. The minimum atomic E-state index is -0.0119. The average Bonchev–Trinajstić information content (AvgIpc) is 3.20. The SMILES string of the molecule is CCCCCCCCC(CCCC)COC(=O)C(C)CCCCCCN(CCCCO)CCCCCCC(C)C(=O)OCC(CCCC)CCCCCCCC. The molecule has 0 amide bonds. The second-order valence-corrected chi connectivity index (χ2v) is 17.9. The Bertz CT molecular complexity index is 774. The van der Waals surface area contributed by atoms with Gasteiger partial charge in [-0.2, -0.15) is 0 Å². The molecule has 0 aliphatic carbocycles. The highest BCUT2D eigenvalue weighted by Gasteiger charge is 2.19. The summed E-state index contributed by atoms with van der Waals surface area (Å²) in [6, 6.07) is 0. The molecular formula is C50H99NO5. The van der Waals surface area contributed by atoms with Gasteiger partial charge in [0.15, 0.2) is 0 Å². The van der Waals surface area contributed by atoms with Gasteiger partial charge in [0.1, 0.15) is 0 Å². The average molecular weight is 794 g/mol. The molecular weight excluding hydrogens is 695 g/mol. The van der Waals surface area contributed by atoms with Crippen LogP contribution >= 0.6 is 0 Å². The molecule has 0 aliphatic rings. The number of nitrogens with zero attached hydrogens (tertiary/aromatic N) is 1. The van der Waals surface area contributed by atoms with Crippen molar-refractivity contribution >= 4 is 11.9 Å². The maximum atomic E-state index is 12.8. The van der Waals surface area contributed by atoms with E-state index in [1.165, 1.54) is 167 Å². The van der Waals surface area contributed by atoms with Gasteiger partial charge in [-0.25, -0.2) is 0 Å². The van der Waals surface area contributed by atoms with E-state index in [0.717, 1.165) is 58.2 Å². The van der Waals surface area contributed by atoms with Gasteiger partial charge in [0.25, 0.3) is 0 Å². The zero-order valence-corrected chi connectivity index (χ0v) is 38.7. The molecule has 334 valence electrons. The van der Waals surface area contributed by atoms with E-state index in [-0.39, 0.29) is 30.4 Å². The van der Waals surface area contributed by atoms with Crippen molar-refractivity contribution in [1.82, 2.24) is 4.90 Å². The first-order chi connectivity index (χ1) is 27.3. The third kappa shape index (κ3) is 34.9. The molecule has 6 heteroatoms. The summed E-state index contributed by atoms with van der Waals surface area (Å²) in [6.45, 7) is 17.9. The highest BCUT2D eigenvalue weighted by molar-refractivity contribution is 5.72. The van der Waals surface area contributed by atoms with Gasteiger partial charge in [0, 0.05) is 6.61 Å². The highest BCUT2D eigenvalue weighted by atomic mass is 16.5. The summed E-state index contributed by atoms with van der Waals surface area (Å²) >= 11 is 0. The molecule has 0 fully saturated rings. The second kappa shape index (κ2) is 42.0. The van der Waals surface area contributed by atoms with Crippen LogP contribution in [0.3, 0.4) is 0 Å². The largest absolute Gasteiger partial charge is 0.465 e. The molecule has 0 aromatic rings. The van der Waals surface area contributed by atoms with Crippen LogP contribution in [0, 0.1) is 23.7 Å². The van der Waals surface area contributed by atoms with Gasteiger partial charge in [-0.1, -0.05) is 183 Å². The number of ether oxygens (including phenoxy) is 2. The lowest BCUT2D eigenvalue weighted by Crippen LogP contribution is -2.27. The van der Waals surface area contributed by atoms with Crippen LogP contribution in [0.25, 0.3) is 0 Å². The number of rotatable bonds is 44. The van der Waals surface area contributed by atoms with Gasteiger partial charge in [-0.3, -0.25) is 9.59 Å². The monoisotopic (exact) mass is 794 g/mol. The van der Waals surface area contributed by atoms with Crippen molar-refractivity contribution in [2.45, 2.75) is 247 Å². The third-order valence-electron chi connectivity index (χ3n) is 12.2. The van der Waals surface area contributed by atoms with E-state index < -0.39 is 0 Å². The van der Waals surface area contributed by atoms with Crippen LogP contribution in [0.2, 0.25) is 0 Å². The van der Waals surface area contributed by atoms with Crippen LogP contribution in [0.1, 0.15) is 247 Å². The number of carbonyl (C=O) groups is 2. The number of esters is 2. The van der Waals surface area contributed by atoms with E-state index in [2.05, 4.69) is 46.4 Å². The molecule has 4 atom stereocenters. The Kier molecular flexibility index (Phi) is 41.1. The van der Waals surface area contributed by atoms with Crippen molar-refractivity contribution in [3.63, 3.8) is 0 Å². The molecule has 0 aromatic heterocycles. The molecule has 0 radical (unpaired) electrons. The quantitative estimate of drug-likeness (QED) is 0.0489. The first-order valence-corrected chi connectivity index (χ1v) is 25.0. The lowest BCUT2D eigenvalue weighted by Gasteiger charge is -2.22. The fraction of sp³-hybridized carbons (Fsp3) is 0.960. The molecule has 0 saturated carbocycles. The summed E-state index contributed by atoms with van der Waals surface area (Å²) in [7, 11) is 0. The van der Waals surface area contributed by atoms with Crippen LogP contribution in [-0.4, -0.2) is 61.4 Å². The Balaban J connectivity index is 4.30. The van der Waals surface area contributed by atoms with Crippen molar-refractivity contribution < 1.29 is 24.2 Å². The van der Waals surface area contributed by atoms with E-state index in [1.54, 1.807) is 0 Å². The number of aliphatic hydroxyl groups excluding tert-OH is 1. The van der Waals surface area contributed by atoms with Crippen molar-refractivity contribution in [2.24, 2.45) is 23.7 Å². The van der Waals surface area contributed by atoms with Crippen molar-refractivity contribution in [3.05, 3.63) is 0 Å². The summed E-state index contributed by atoms with van der Waals surface area (Å²) in [5, 5.41) is 9.33. The van der Waals surface area contributed by atoms with Crippen molar-refractivity contribution in [3.8, 4) is 0 Å². The first-order valence-electron chi connectivity index (χ1n) is 25.0. The zero-order valence-electron chi connectivity index (χ0n) is 38.7. The number of aliphatic hydroxyl groups is 1. The van der Waals surface area contributed by atoms with Crippen molar-refractivity contribution in [2.75, 3.05) is 39.5 Å². The van der Waals surface area contributed by atoms with Gasteiger partial charge in [0.2, 0.25) is 0 Å². The number of hydrogen-bond donors (Lipinski definition) is 1. The van der Waals surface area contributed by atoms with E-state index >= 15 is 0 Å². The summed E-state index contributed by atoms with van der Waals surface area (Å²) in [4.78, 5) is 28.2. The van der Waals surface area contributed by atoms with Crippen LogP contribution in [0.4, 0.5) is 0 Å². The highest BCUT2D eigenvalue weighted by Crippen LogP contribution is 2.22. The topological polar surface area (TPSA) is 76.1 Å². The summed E-state index contributed by atoms with van der Waals surface area (Å²) in [5.74, 6) is 1.03. The molecule has 0 saturated heterocycles. The Morgan fingerprint density at radius 2 is 0.714 bits per heavy atom.